The third-order valence-corrected chi connectivity index (χ3v) is 3.32. The number of alkyl carbamates (subject to hydrolysis) is 2. The molecule has 0 radical (unpaired) electrons. The van der Waals surface area contributed by atoms with Crippen molar-refractivity contribution in [3.05, 3.63) is 0 Å². The highest BCUT2D eigenvalue weighted by Crippen LogP contribution is 2.14. The summed E-state index contributed by atoms with van der Waals surface area (Å²) in [4.78, 5) is 62.1. The lowest BCUT2D eigenvalue weighted by molar-refractivity contribution is -0.199. The number of hydrogen-bond donors (Lipinski definition) is 2. The van der Waals surface area contributed by atoms with E-state index in [1.54, 1.807) is 0 Å². The number of ether oxygens (including phenoxy) is 2. The largest absolute Gasteiger partial charge is 0.453 e. The van der Waals surface area contributed by atoms with Gasteiger partial charge in [0.2, 0.25) is 0 Å². The molecular formula is C14H21N3O8. The molecule has 1 saturated heterocycles. The van der Waals surface area contributed by atoms with E-state index in [0.29, 0.717) is 24.4 Å². The van der Waals surface area contributed by atoms with E-state index in [1.807, 2.05) is 0 Å². The van der Waals surface area contributed by atoms with Crippen LogP contribution in [0.25, 0.3) is 0 Å². The maximum Gasteiger partial charge on any atom is 0.407 e. The summed E-state index contributed by atoms with van der Waals surface area (Å²) in [6.45, 7) is 0.315. The molecule has 1 rings (SSSR count). The second-order valence-corrected chi connectivity index (χ2v) is 5.09. The Morgan fingerprint density at radius 2 is 1.64 bits per heavy atom. The molecule has 2 N–H and O–H groups in total. The second-order valence-electron chi connectivity index (χ2n) is 5.09. The fourth-order valence-electron chi connectivity index (χ4n) is 2.00. The Hall–Kier alpha value is -2.85. The first-order valence-electron chi connectivity index (χ1n) is 7.63. The third-order valence-electron chi connectivity index (χ3n) is 3.32. The molecule has 0 saturated carbocycles. The van der Waals surface area contributed by atoms with E-state index >= 15 is 0 Å². The fourth-order valence-corrected chi connectivity index (χ4v) is 2.00. The molecule has 140 valence electrons. The van der Waals surface area contributed by atoms with Crippen LogP contribution in [0.4, 0.5) is 9.59 Å². The number of methoxy groups -OCH3 is 2. The van der Waals surface area contributed by atoms with Crippen molar-refractivity contribution in [2.24, 2.45) is 0 Å². The molecule has 25 heavy (non-hydrogen) atoms. The summed E-state index contributed by atoms with van der Waals surface area (Å²) >= 11 is 0. The van der Waals surface area contributed by atoms with Gasteiger partial charge in [0, 0.05) is 19.4 Å². The van der Waals surface area contributed by atoms with Crippen LogP contribution in [0, 0.1) is 0 Å². The molecule has 0 aromatic heterocycles. The Morgan fingerprint density at radius 1 is 1.04 bits per heavy atom. The van der Waals surface area contributed by atoms with Crippen molar-refractivity contribution in [2.45, 2.75) is 38.1 Å². The highest BCUT2D eigenvalue weighted by molar-refractivity contribution is 6.01. The molecule has 1 atom stereocenters. The molecule has 1 aliphatic heterocycles. The van der Waals surface area contributed by atoms with Gasteiger partial charge in [-0.1, -0.05) is 0 Å². The number of carbonyl (C=O) groups excluding carboxylic acids is 5. The number of nitrogens with zero attached hydrogens (tertiary/aromatic N) is 1. The molecule has 11 nitrogen and oxygen atoms in total. The van der Waals surface area contributed by atoms with Gasteiger partial charge in [-0.15, -0.1) is 5.06 Å². The van der Waals surface area contributed by atoms with Crippen LogP contribution in [-0.4, -0.2) is 61.8 Å². The zero-order chi connectivity index (χ0) is 18.8. The average Bonchev–Trinajstić information content (AvgIpc) is 2.91. The molecule has 4 amide bonds. The summed E-state index contributed by atoms with van der Waals surface area (Å²) in [5, 5.41) is 5.16. The Balaban J connectivity index is 2.52. The van der Waals surface area contributed by atoms with Crippen molar-refractivity contribution in [1.82, 2.24) is 15.7 Å². The minimum atomic E-state index is -1.10. The van der Waals surface area contributed by atoms with E-state index in [4.69, 9.17) is 4.84 Å². The van der Waals surface area contributed by atoms with Crippen molar-refractivity contribution in [2.75, 3.05) is 20.8 Å². The van der Waals surface area contributed by atoms with Crippen molar-refractivity contribution < 1.29 is 38.3 Å². The van der Waals surface area contributed by atoms with Gasteiger partial charge in [-0.2, -0.15) is 0 Å². The average molecular weight is 359 g/mol. The normalized spacial score (nSPS) is 14.7. The minimum Gasteiger partial charge on any atom is -0.453 e. The van der Waals surface area contributed by atoms with E-state index in [2.05, 4.69) is 20.1 Å². The molecule has 0 bridgehead atoms. The van der Waals surface area contributed by atoms with Crippen LogP contribution in [0.5, 0.6) is 0 Å². The van der Waals surface area contributed by atoms with E-state index < -0.39 is 36.0 Å². The van der Waals surface area contributed by atoms with Gasteiger partial charge in [0.15, 0.2) is 0 Å². The van der Waals surface area contributed by atoms with Crippen molar-refractivity contribution in [3.63, 3.8) is 0 Å². The number of imide groups is 1. The zero-order valence-electron chi connectivity index (χ0n) is 14.0. The van der Waals surface area contributed by atoms with Gasteiger partial charge in [-0.05, 0) is 19.3 Å². The van der Waals surface area contributed by atoms with E-state index in [1.165, 1.54) is 7.11 Å². The zero-order valence-corrected chi connectivity index (χ0v) is 14.0. The molecule has 0 aliphatic carbocycles. The summed E-state index contributed by atoms with van der Waals surface area (Å²) in [5.74, 6) is -2.18. The number of unbranched alkanes of at least 4 members (excludes halogenated alkanes) is 1. The van der Waals surface area contributed by atoms with Gasteiger partial charge >= 0.3 is 18.2 Å². The maximum atomic E-state index is 12.1. The topological polar surface area (TPSA) is 140 Å². The Bertz CT molecular complexity index is 520. The number of hydrogen-bond acceptors (Lipinski definition) is 8. The molecule has 1 aliphatic rings. The monoisotopic (exact) mass is 359 g/mol. The van der Waals surface area contributed by atoms with Gasteiger partial charge in [0.05, 0.1) is 14.2 Å². The first kappa shape index (κ1) is 20.2. The Morgan fingerprint density at radius 3 is 2.20 bits per heavy atom. The van der Waals surface area contributed by atoms with Crippen molar-refractivity contribution in [3.8, 4) is 0 Å². The highest BCUT2D eigenvalue weighted by Gasteiger charge is 2.35. The van der Waals surface area contributed by atoms with Gasteiger partial charge in [0.25, 0.3) is 11.8 Å². The smallest absolute Gasteiger partial charge is 0.407 e. The SMILES string of the molecule is COC(=O)NCCCC[C@H](NC(=O)OC)C(=O)ON1C(=O)CCC1=O. The van der Waals surface area contributed by atoms with Gasteiger partial charge in [0.1, 0.15) is 6.04 Å². The van der Waals surface area contributed by atoms with Crippen LogP contribution in [0.3, 0.4) is 0 Å². The molecule has 0 aromatic rings. The molecule has 0 unspecified atom stereocenters. The van der Waals surface area contributed by atoms with Gasteiger partial charge in [-0.3, -0.25) is 9.59 Å². The molecule has 1 fully saturated rings. The quantitative estimate of drug-likeness (QED) is 0.450. The first-order valence-corrected chi connectivity index (χ1v) is 7.63. The van der Waals surface area contributed by atoms with Crippen LogP contribution in [0.1, 0.15) is 32.1 Å². The number of amides is 4. The van der Waals surface area contributed by atoms with Crippen LogP contribution in [0.15, 0.2) is 0 Å². The van der Waals surface area contributed by atoms with Crippen LogP contribution < -0.4 is 10.6 Å². The number of carbonyl (C=O) groups is 5. The number of nitrogens with one attached hydrogen (secondary N) is 2. The Labute approximate surface area is 143 Å². The minimum absolute atomic E-state index is 0.0274. The van der Waals surface area contributed by atoms with Crippen LogP contribution in [0.2, 0.25) is 0 Å². The molecule has 0 spiro atoms. The van der Waals surface area contributed by atoms with Crippen molar-refractivity contribution in [1.29, 1.82) is 0 Å². The predicted molar refractivity (Wildman–Crippen MR) is 80.8 cm³/mol. The summed E-state index contributed by atoms with van der Waals surface area (Å²) in [5.41, 5.74) is 0. The van der Waals surface area contributed by atoms with E-state index in [9.17, 15) is 24.0 Å². The lowest BCUT2D eigenvalue weighted by Crippen LogP contribution is -2.45. The van der Waals surface area contributed by atoms with Gasteiger partial charge < -0.3 is 24.9 Å². The molecule has 1 heterocycles. The standard InChI is InChI=1S/C14H21N3O8/c1-23-13(21)15-8-4-3-5-9(16-14(22)24-2)12(20)25-17-10(18)6-7-11(17)19/h9H,3-8H2,1-2H3,(H,15,21)(H,16,22)/t9-/m0/s1. The Kier molecular flexibility index (Phi) is 8.16. The summed E-state index contributed by atoms with van der Waals surface area (Å²) < 4.78 is 8.85. The lowest BCUT2D eigenvalue weighted by Gasteiger charge is -2.19. The molecule has 0 aromatic carbocycles. The third kappa shape index (κ3) is 6.65. The van der Waals surface area contributed by atoms with Crippen LogP contribution in [-0.2, 0) is 28.7 Å². The second kappa shape index (κ2) is 10.1. The van der Waals surface area contributed by atoms with E-state index in [0.717, 1.165) is 7.11 Å². The lowest BCUT2D eigenvalue weighted by atomic mass is 10.1. The van der Waals surface area contributed by atoms with Crippen molar-refractivity contribution >= 4 is 30.0 Å². The number of rotatable bonds is 8. The predicted octanol–water partition coefficient (Wildman–Crippen LogP) is -0.155. The number of hydroxylamine groups is 2. The van der Waals surface area contributed by atoms with Crippen LogP contribution >= 0.6 is 0 Å². The van der Waals surface area contributed by atoms with E-state index in [-0.39, 0.29) is 19.3 Å². The highest BCUT2D eigenvalue weighted by atomic mass is 16.7. The first-order chi connectivity index (χ1) is 11.9. The summed E-state index contributed by atoms with van der Waals surface area (Å²) in [6, 6.07) is -1.10. The summed E-state index contributed by atoms with van der Waals surface area (Å²) in [6.07, 6.45) is -0.379. The fraction of sp³-hybridized carbons (Fsp3) is 0.643. The van der Waals surface area contributed by atoms with Gasteiger partial charge in [-0.25, -0.2) is 14.4 Å². The molecular weight excluding hydrogens is 338 g/mol. The molecule has 11 heteroatoms. The summed E-state index contributed by atoms with van der Waals surface area (Å²) in [7, 11) is 2.37. The maximum absolute atomic E-state index is 12.1.